The van der Waals surface area contributed by atoms with Crippen LogP contribution in [0.15, 0.2) is 24.3 Å². The maximum absolute atomic E-state index is 12.2. The summed E-state index contributed by atoms with van der Waals surface area (Å²) >= 11 is 0. The second-order valence-electron chi connectivity index (χ2n) is 7.12. The van der Waals surface area contributed by atoms with E-state index in [-0.39, 0.29) is 0 Å². The molecule has 1 aliphatic rings. The van der Waals surface area contributed by atoms with Crippen molar-refractivity contribution < 1.29 is 4.79 Å². The summed E-state index contributed by atoms with van der Waals surface area (Å²) < 4.78 is 0. The lowest BCUT2D eigenvalue weighted by molar-refractivity contribution is 0.0976. The number of hydrogen-bond donors (Lipinski definition) is 0. The highest BCUT2D eigenvalue weighted by Gasteiger charge is 2.18. The van der Waals surface area contributed by atoms with Gasteiger partial charge in [0.25, 0.3) is 0 Å². The average Bonchev–Trinajstić information content (AvgIpc) is 2.58. The Morgan fingerprint density at radius 3 is 2.57 bits per heavy atom. The molecule has 1 fully saturated rings. The molecule has 1 saturated heterocycles. The molecule has 0 bridgehead atoms. The summed E-state index contributed by atoms with van der Waals surface area (Å²) in [7, 11) is 0. The zero-order chi connectivity index (χ0) is 16.5. The smallest absolute Gasteiger partial charge is 0.163 e. The lowest BCUT2D eigenvalue weighted by atomic mass is 9.91. The largest absolute Gasteiger partial charge is 0.303 e. The molecule has 2 nitrogen and oxygen atoms in total. The molecule has 128 valence electrons. The SMILES string of the molecule is CCCCC1CCN(CCCCC(=O)c2ccccc2C)CC1. The zero-order valence-electron chi connectivity index (χ0n) is 15.0. The van der Waals surface area contributed by atoms with E-state index in [9.17, 15) is 4.79 Å². The van der Waals surface area contributed by atoms with Gasteiger partial charge in [-0.2, -0.15) is 0 Å². The summed E-state index contributed by atoms with van der Waals surface area (Å²) in [5.74, 6) is 1.27. The molecule has 0 amide bonds. The number of ketones is 1. The first kappa shape index (κ1) is 18.2. The molecule has 0 spiro atoms. The van der Waals surface area contributed by atoms with Gasteiger partial charge in [-0.15, -0.1) is 0 Å². The molecule has 0 aliphatic carbocycles. The number of hydrogen-bond acceptors (Lipinski definition) is 2. The van der Waals surface area contributed by atoms with Crippen LogP contribution in [0.1, 0.15) is 74.2 Å². The topological polar surface area (TPSA) is 20.3 Å². The average molecular weight is 316 g/mol. The maximum atomic E-state index is 12.2. The molecule has 2 rings (SSSR count). The van der Waals surface area contributed by atoms with Crippen molar-refractivity contribution in [2.75, 3.05) is 19.6 Å². The van der Waals surface area contributed by atoms with E-state index in [1.807, 2.05) is 31.2 Å². The van der Waals surface area contributed by atoms with Crippen LogP contribution in [0, 0.1) is 12.8 Å². The fraction of sp³-hybridized carbons (Fsp3) is 0.667. The third-order valence-corrected chi connectivity index (χ3v) is 5.25. The Kier molecular flexibility index (Phi) is 7.81. The predicted molar refractivity (Wildman–Crippen MR) is 98.0 cm³/mol. The Bertz CT molecular complexity index is 474. The lowest BCUT2D eigenvalue weighted by Crippen LogP contribution is -2.34. The fourth-order valence-electron chi connectivity index (χ4n) is 3.63. The van der Waals surface area contributed by atoms with Crippen LogP contribution in [0.2, 0.25) is 0 Å². The van der Waals surface area contributed by atoms with Gasteiger partial charge in [-0.1, -0.05) is 50.5 Å². The van der Waals surface area contributed by atoms with Crippen molar-refractivity contribution in [1.29, 1.82) is 0 Å². The third kappa shape index (κ3) is 6.10. The van der Waals surface area contributed by atoms with Crippen LogP contribution in [-0.2, 0) is 0 Å². The lowest BCUT2D eigenvalue weighted by Gasteiger charge is -2.32. The Balaban J connectivity index is 1.59. The molecule has 0 saturated carbocycles. The Labute approximate surface area is 142 Å². The number of carbonyl (C=O) groups excluding carboxylic acids is 1. The number of piperidine rings is 1. The summed E-state index contributed by atoms with van der Waals surface area (Å²) in [5, 5.41) is 0. The van der Waals surface area contributed by atoms with Crippen molar-refractivity contribution in [3.63, 3.8) is 0 Å². The van der Waals surface area contributed by atoms with Gasteiger partial charge in [0.1, 0.15) is 0 Å². The van der Waals surface area contributed by atoms with Crippen LogP contribution >= 0.6 is 0 Å². The van der Waals surface area contributed by atoms with E-state index >= 15 is 0 Å². The molecular formula is C21H33NO. The predicted octanol–water partition coefficient (Wildman–Crippen LogP) is 5.25. The van der Waals surface area contributed by atoms with Crippen LogP contribution < -0.4 is 0 Å². The van der Waals surface area contributed by atoms with Gasteiger partial charge in [-0.3, -0.25) is 4.79 Å². The monoisotopic (exact) mass is 315 g/mol. The van der Waals surface area contributed by atoms with Crippen LogP contribution in [0.25, 0.3) is 0 Å². The minimum atomic E-state index is 0.307. The van der Waals surface area contributed by atoms with Gasteiger partial charge < -0.3 is 4.90 Å². The van der Waals surface area contributed by atoms with Crippen LogP contribution in [0.5, 0.6) is 0 Å². The van der Waals surface area contributed by atoms with E-state index in [2.05, 4.69) is 11.8 Å². The molecular weight excluding hydrogens is 282 g/mol. The van der Waals surface area contributed by atoms with Crippen molar-refractivity contribution in [2.45, 2.75) is 65.2 Å². The van der Waals surface area contributed by atoms with Crippen molar-refractivity contribution >= 4 is 5.78 Å². The molecule has 0 unspecified atom stereocenters. The van der Waals surface area contributed by atoms with Gasteiger partial charge in [-0.05, 0) is 63.7 Å². The van der Waals surface area contributed by atoms with Gasteiger partial charge in [-0.25, -0.2) is 0 Å². The number of carbonyl (C=O) groups is 1. The van der Waals surface area contributed by atoms with Crippen molar-refractivity contribution in [1.82, 2.24) is 4.90 Å². The number of likely N-dealkylation sites (tertiary alicyclic amines) is 1. The summed E-state index contributed by atoms with van der Waals surface area (Å²) in [5.41, 5.74) is 2.01. The van der Waals surface area contributed by atoms with Crippen LogP contribution in [-0.4, -0.2) is 30.3 Å². The molecule has 0 aromatic heterocycles. The van der Waals surface area contributed by atoms with Crippen molar-refractivity contribution in [2.24, 2.45) is 5.92 Å². The summed E-state index contributed by atoms with van der Waals surface area (Å²) in [6.07, 6.45) is 9.76. The van der Waals surface area contributed by atoms with Crippen molar-refractivity contribution in [3.05, 3.63) is 35.4 Å². The number of benzene rings is 1. The zero-order valence-corrected chi connectivity index (χ0v) is 15.0. The van der Waals surface area contributed by atoms with E-state index in [1.165, 1.54) is 51.7 Å². The summed E-state index contributed by atoms with van der Waals surface area (Å²) in [6.45, 7) is 8.01. The van der Waals surface area contributed by atoms with Crippen LogP contribution in [0.3, 0.4) is 0 Å². The van der Waals surface area contributed by atoms with Gasteiger partial charge in [0.05, 0.1) is 0 Å². The second-order valence-corrected chi connectivity index (χ2v) is 7.12. The van der Waals surface area contributed by atoms with E-state index < -0.39 is 0 Å². The number of unbranched alkanes of at least 4 members (excludes halogenated alkanes) is 2. The van der Waals surface area contributed by atoms with Crippen molar-refractivity contribution in [3.8, 4) is 0 Å². The highest BCUT2D eigenvalue weighted by Crippen LogP contribution is 2.22. The van der Waals surface area contributed by atoms with E-state index in [4.69, 9.17) is 0 Å². The number of Topliss-reactive ketones (excluding diaryl/α,β-unsaturated/α-hetero) is 1. The normalized spacial score (nSPS) is 16.6. The van der Waals surface area contributed by atoms with Crippen LogP contribution in [0.4, 0.5) is 0 Å². The van der Waals surface area contributed by atoms with E-state index in [0.717, 1.165) is 29.9 Å². The van der Waals surface area contributed by atoms with E-state index in [0.29, 0.717) is 12.2 Å². The van der Waals surface area contributed by atoms with E-state index in [1.54, 1.807) is 0 Å². The summed E-state index contributed by atoms with van der Waals surface area (Å²) in [4.78, 5) is 14.8. The molecule has 0 atom stereocenters. The minimum absolute atomic E-state index is 0.307. The Morgan fingerprint density at radius 2 is 1.87 bits per heavy atom. The molecule has 1 aliphatic heterocycles. The third-order valence-electron chi connectivity index (χ3n) is 5.25. The molecule has 1 heterocycles. The summed E-state index contributed by atoms with van der Waals surface area (Å²) in [6, 6.07) is 7.94. The van der Waals surface area contributed by atoms with Gasteiger partial charge in [0.15, 0.2) is 5.78 Å². The number of nitrogens with zero attached hydrogens (tertiary/aromatic N) is 1. The standard InChI is InChI=1S/C21H33NO/c1-3-4-10-19-13-16-22(17-14-19)15-8-7-12-21(23)20-11-6-5-9-18(20)2/h5-6,9,11,19H,3-4,7-8,10,12-17H2,1-2H3. The van der Waals surface area contributed by atoms with Gasteiger partial charge >= 0.3 is 0 Å². The molecule has 0 N–H and O–H groups in total. The maximum Gasteiger partial charge on any atom is 0.163 e. The fourth-order valence-corrected chi connectivity index (χ4v) is 3.63. The second kappa shape index (κ2) is 9.87. The molecule has 1 aromatic rings. The number of rotatable bonds is 9. The van der Waals surface area contributed by atoms with Gasteiger partial charge in [0, 0.05) is 12.0 Å². The number of aryl methyl sites for hydroxylation is 1. The van der Waals surface area contributed by atoms with Gasteiger partial charge in [0.2, 0.25) is 0 Å². The molecule has 2 heteroatoms. The first-order chi connectivity index (χ1) is 11.2. The minimum Gasteiger partial charge on any atom is -0.303 e. The highest BCUT2D eigenvalue weighted by molar-refractivity contribution is 5.97. The first-order valence-electron chi connectivity index (χ1n) is 9.52. The first-order valence-corrected chi connectivity index (χ1v) is 9.52. The Morgan fingerprint density at radius 1 is 1.13 bits per heavy atom. The highest BCUT2D eigenvalue weighted by atomic mass is 16.1. The Hall–Kier alpha value is -1.15. The molecule has 0 radical (unpaired) electrons. The molecule has 23 heavy (non-hydrogen) atoms. The molecule has 1 aromatic carbocycles. The quantitative estimate of drug-likeness (QED) is 0.458.